The molecule has 9 nitrogen and oxygen atoms in total. The lowest BCUT2D eigenvalue weighted by Gasteiger charge is -2.36. The van der Waals surface area contributed by atoms with E-state index in [0.717, 1.165) is 55.7 Å². The summed E-state index contributed by atoms with van der Waals surface area (Å²) in [6.07, 6.45) is 10.4. The third-order valence-corrected chi connectivity index (χ3v) is 7.38. The molecule has 1 N–H and O–H groups in total. The SMILES string of the molecule is Cc1cnc(N[C@@H]2CCN(S(C)(=O)=O)[C@@H](C)C2)nc1-c1cnn(C2CCOCC2)c1. The van der Waals surface area contributed by atoms with Crippen LogP contribution in [-0.2, 0) is 14.8 Å². The van der Waals surface area contributed by atoms with Crippen LogP contribution in [0.1, 0.15) is 44.2 Å². The highest BCUT2D eigenvalue weighted by Gasteiger charge is 2.31. The van der Waals surface area contributed by atoms with Gasteiger partial charge in [0.25, 0.3) is 0 Å². The first-order valence-electron chi connectivity index (χ1n) is 10.5. The summed E-state index contributed by atoms with van der Waals surface area (Å²) in [7, 11) is -3.17. The fraction of sp³-hybridized carbons (Fsp3) is 0.650. The monoisotopic (exact) mass is 434 g/mol. The summed E-state index contributed by atoms with van der Waals surface area (Å²) in [5, 5.41) is 7.97. The van der Waals surface area contributed by atoms with Crippen LogP contribution in [0, 0.1) is 6.92 Å². The Hall–Kier alpha value is -2.04. The van der Waals surface area contributed by atoms with Gasteiger partial charge in [-0.2, -0.15) is 9.40 Å². The molecule has 30 heavy (non-hydrogen) atoms. The van der Waals surface area contributed by atoms with Crippen LogP contribution in [0.3, 0.4) is 0 Å². The van der Waals surface area contributed by atoms with Gasteiger partial charge in [-0.05, 0) is 45.1 Å². The molecule has 0 aromatic carbocycles. The highest BCUT2D eigenvalue weighted by molar-refractivity contribution is 7.88. The number of piperidine rings is 1. The van der Waals surface area contributed by atoms with Gasteiger partial charge in [-0.15, -0.1) is 0 Å². The van der Waals surface area contributed by atoms with Crippen molar-refractivity contribution in [3.63, 3.8) is 0 Å². The smallest absolute Gasteiger partial charge is 0.223 e. The van der Waals surface area contributed by atoms with Crippen molar-refractivity contribution >= 4 is 16.0 Å². The Bertz CT molecular complexity index is 986. The van der Waals surface area contributed by atoms with Crippen LogP contribution in [-0.4, -0.2) is 70.6 Å². The molecule has 0 saturated carbocycles. The molecular weight excluding hydrogens is 404 g/mol. The third kappa shape index (κ3) is 4.65. The van der Waals surface area contributed by atoms with Crippen molar-refractivity contribution in [2.24, 2.45) is 0 Å². The summed E-state index contributed by atoms with van der Waals surface area (Å²) in [5.41, 5.74) is 2.84. The van der Waals surface area contributed by atoms with Crippen molar-refractivity contribution in [3.05, 3.63) is 24.2 Å². The summed E-state index contributed by atoms with van der Waals surface area (Å²) in [6.45, 7) is 6.00. The van der Waals surface area contributed by atoms with Crippen molar-refractivity contribution in [1.29, 1.82) is 0 Å². The molecule has 10 heteroatoms. The Kier molecular flexibility index (Phi) is 6.08. The zero-order valence-corrected chi connectivity index (χ0v) is 18.6. The van der Waals surface area contributed by atoms with Gasteiger partial charge in [-0.1, -0.05) is 0 Å². The molecule has 4 rings (SSSR count). The molecule has 0 aliphatic carbocycles. The van der Waals surface area contributed by atoms with Gasteiger partial charge in [-0.3, -0.25) is 4.68 Å². The number of sulfonamides is 1. The van der Waals surface area contributed by atoms with E-state index in [1.165, 1.54) is 6.26 Å². The summed E-state index contributed by atoms with van der Waals surface area (Å²) >= 11 is 0. The standard InChI is InChI=1S/C20H30N6O3S/c1-14-11-21-20(23-17-4-7-26(15(2)10-17)30(3,27)28)24-19(14)16-12-22-25(13-16)18-5-8-29-9-6-18/h11-13,15,17-18H,4-10H2,1-3H3,(H,21,23,24)/t15-,17+/m0/s1. The Labute approximate surface area is 177 Å². The number of hydrogen-bond acceptors (Lipinski definition) is 7. The molecule has 2 aliphatic heterocycles. The molecule has 2 atom stereocenters. The minimum atomic E-state index is -3.17. The normalized spacial score (nSPS) is 24.1. The number of rotatable bonds is 5. The number of aryl methyl sites for hydroxylation is 1. The molecular formula is C20H30N6O3S. The number of aromatic nitrogens is 4. The highest BCUT2D eigenvalue weighted by atomic mass is 32.2. The van der Waals surface area contributed by atoms with E-state index in [0.29, 0.717) is 18.5 Å². The molecule has 0 radical (unpaired) electrons. The molecule has 2 aliphatic rings. The average molecular weight is 435 g/mol. The molecule has 0 unspecified atom stereocenters. The van der Waals surface area contributed by atoms with Gasteiger partial charge in [0, 0.05) is 49.8 Å². The lowest BCUT2D eigenvalue weighted by atomic mass is 10.0. The zero-order chi connectivity index (χ0) is 21.3. The van der Waals surface area contributed by atoms with E-state index in [4.69, 9.17) is 9.72 Å². The maximum Gasteiger partial charge on any atom is 0.223 e. The fourth-order valence-corrected chi connectivity index (χ4v) is 5.55. The van der Waals surface area contributed by atoms with Crippen LogP contribution in [0.25, 0.3) is 11.3 Å². The topological polar surface area (TPSA) is 102 Å². The van der Waals surface area contributed by atoms with Crippen LogP contribution < -0.4 is 5.32 Å². The first-order valence-corrected chi connectivity index (χ1v) is 12.4. The van der Waals surface area contributed by atoms with Gasteiger partial charge >= 0.3 is 0 Å². The molecule has 4 heterocycles. The molecule has 0 amide bonds. The second kappa shape index (κ2) is 8.60. The maximum atomic E-state index is 11.9. The molecule has 2 saturated heterocycles. The first-order chi connectivity index (χ1) is 14.3. The Morgan fingerprint density at radius 2 is 1.97 bits per heavy atom. The van der Waals surface area contributed by atoms with Gasteiger partial charge in [0.05, 0.1) is 24.2 Å². The van der Waals surface area contributed by atoms with E-state index >= 15 is 0 Å². The van der Waals surface area contributed by atoms with Crippen LogP contribution in [0.2, 0.25) is 0 Å². The second-order valence-electron chi connectivity index (χ2n) is 8.37. The summed E-state index contributed by atoms with van der Waals surface area (Å²) < 4.78 is 32.8. The Balaban J connectivity index is 1.47. The summed E-state index contributed by atoms with van der Waals surface area (Å²) in [5.74, 6) is 0.569. The molecule has 2 fully saturated rings. The molecule has 0 spiro atoms. The van der Waals surface area contributed by atoms with E-state index in [2.05, 4.69) is 21.6 Å². The van der Waals surface area contributed by atoms with Crippen LogP contribution in [0.5, 0.6) is 0 Å². The number of nitrogens with one attached hydrogen (secondary N) is 1. The average Bonchev–Trinajstić information content (AvgIpc) is 3.19. The molecule has 0 bridgehead atoms. The Morgan fingerprint density at radius 3 is 2.67 bits per heavy atom. The number of ether oxygens (including phenoxy) is 1. The second-order valence-corrected chi connectivity index (χ2v) is 10.3. The Morgan fingerprint density at radius 1 is 1.20 bits per heavy atom. The minimum Gasteiger partial charge on any atom is -0.381 e. The van der Waals surface area contributed by atoms with E-state index in [1.807, 2.05) is 30.9 Å². The fourth-order valence-electron chi connectivity index (χ4n) is 4.37. The number of hydrogen-bond donors (Lipinski definition) is 1. The van der Waals surface area contributed by atoms with E-state index in [9.17, 15) is 8.42 Å². The maximum absolute atomic E-state index is 11.9. The molecule has 2 aromatic rings. The van der Waals surface area contributed by atoms with Crippen molar-refractivity contribution in [2.75, 3.05) is 31.3 Å². The summed E-state index contributed by atoms with van der Waals surface area (Å²) in [4.78, 5) is 9.21. The van der Waals surface area contributed by atoms with Gasteiger partial charge in [0.2, 0.25) is 16.0 Å². The van der Waals surface area contributed by atoms with Gasteiger partial charge in [-0.25, -0.2) is 18.4 Å². The zero-order valence-electron chi connectivity index (χ0n) is 17.8. The van der Waals surface area contributed by atoms with E-state index < -0.39 is 10.0 Å². The van der Waals surface area contributed by atoms with Gasteiger partial charge in [0.1, 0.15) is 0 Å². The van der Waals surface area contributed by atoms with E-state index in [-0.39, 0.29) is 12.1 Å². The van der Waals surface area contributed by atoms with Crippen molar-refractivity contribution in [3.8, 4) is 11.3 Å². The highest BCUT2D eigenvalue weighted by Crippen LogP contribution is 2.27. The van der Waals surface area contributed by atoms with Crippen LogP contribution >= 0.6 is 0 Å². The van der Waals surface area contributed by atoms with Gasteiger partial charge < -0.3 is 10.1 Å². The van der Waals surface area contributed by atoms with Crippen LogP contribution in [0.4, 0.5) is 5.95 Å². The predicted molar refractivity (Wildman–Crippen MR) is 115 cm³/mol. The van der Waals surface area contributed by atoms with Crippen molar-refractivity contribution in [1.82, 2.24) is 24.1 Å². The predicted octanol–water partition coefficient (Wildman–Crippen LogP) is 2.22. The lowest BCUT2D eigenvalue weighted by Crippen LogP contribution is -2.47. The quantitative estimate of drug-likeness (QED) is 0.770. The first kappa shape index (κ1) is 21.2. The largest absolute Gasteiger partial charge is 0.381 e. The third-order valence-electron chi connectivity index (χ3n) is 5.99. The minimum absolute atomic E-state index is 0.0473. The number of nitrogens with zero attached hydrogens (tertiary/aromatic N) is 5. The van der Waals surface area contributed by atoms with Crippen molar-refractivity contribution < 1.29 is 13.2 Å². The van der Waals surface area contributed by atoms with E-state index in [1.54, 1.807) is 4.31 Å². The lowest BCUT2D eigenvalue weighted by molar-refractivity contribution is 0.0662. The summed E-state index contributed by atoms with van der Waals surface area (Å²) in [6, 6.07) is 0.459. The van der Waals surface area contributed by atoms with Gasteiger partial charge in [0.15, 0.2) is 0 Å². The molecule has 164 valence electrons. The van der Waals surface area contributed by atoms with Crippen molar-refractivity contribution in [2.45, 2.75) is 57.7 Å². The molecule has 2 aromatic heterocycles. The van der Waals surface area contributed by atoms with Crippen LogP contribution in [0.15, 0.2) is 18.6 Å². The number of anilines is 1.